The number of hydrogen-bond acceptors (Lipinski definition) is 3. The van der Waals surface area contributed by atoms with E-state index in [0.717, 1.165) is 26.2 Å². The molecule has 18 heavy (non-hydrogen) atoms. The highest BCUT2D eigenvalue weighted by molar-refractivity contribution is 9.10. The summed E-state index contributed by atoms with van der Waals surface area (Å²) in [5.41, 5.74) is 2.61. The van der Waals surface area contributed by atoms with Crippen LogP contribution in [0.3, 0.4) is 0 Å². The third-order valence-electron chi connectivity index (χ3n) is 3.74. The maximum Gasteiger partial charge on any atom is 0.0393 e. The minimum Gasteiger partial charge on any atom is -0.369 e. The van der Waals surface area contributed by atoms with Crippen LogP contribution in [0.1, 0.15) is 5.56 Å². The minimum atomic E-state index is 0.587. The van der Waals surface area contributed by atoms with Crippen molar-refractivity contribution in [1.29, 1.82) is 0 Å². The van der Waals surface area contributed by atoms with Crippen LogP contribution in [0.5, 0.6) is 0 Å². The summed E-state index contributed by atoms with van der Waals surface area (Å²) in [6, 6.07) is 7.23. The molecule has 1 aromatic carbocycles. The topological polar surface area (TPSA) is 18.5 Å². The lowest BCUT2D eigenvalue weighted by molar-refractivity contribution is 0.216. The Morgan fingerprint density at radius 2 is 2.17 bits per heavy atom. The minimum absolute atomic E-state index is 0.587. The summed E-state index contributed by atoms with van der Waals surface area (Å²) >= 11 is 3.62. The summed E-state index contributed by atoms with van der Waals surface area (Å²) in [7, 11) is 4.24. The first-order chi connectivity index (χ1) is 8.61. The van der Waals surface area contributed by atoms with E-state index in [1.807, 2.05) is 7.05 Å². The van der Waals surface area contributed by atoms with Crippen molar-refractivity contribution in [3.8, 4) is 0 Å². The number of halogens is 1. The Labute approximate surface area is 118 Å². The Morgan fingerprint density at radius 3 is 2.83 bits per heavy atom. The summed E-state index contributed by atoms with van der Waals surface area (Å²) in [6.07, 6.45) is 0. The van der Waals surface area contributed by atoms with Gasteiger partial charge in [0.2, 0.25) is 0 Å². The molecule has 0 aromatic heterocycles. The van der Waals surface area contributed by atoms with Gasteiger partial charge < -0.3 is 10.2 Å². The molecule has 1 heterocycles. The molecular formula is C14H22BrN3. The Balaban J connectivity index is 2.11. The van der Waals surface area contributed by atoms with E-state index in [-0.39, 0.29) is 0 Å². The molecule has 1 fully saturated rings. The normalized spacial score (nSPS) is 21.3. The molecule has 1 unspecified atom stereocenters. The monoisotopic (exact) mass is 311 g/mol. The van der Waals surface area contributed by atoms with Crippen LogP contribution in [0.25, 0.3) is 0 Å². The molecule has 3 nitrogen and oxygen atoms in total. The Kier molecular flexibility index (Phi) is 4.65. The van der Waals surface area contributed by atoms with Crippen LogP contribution >= 0.6 is 15.9 Å². The third-order valence-corrected chi connectivity index (χ3v) is 4.59. The van der Waals surface area contributed by atoms with Gasteiger partial charge in [-0.1, -0.05) is 22.0 Å². The molecule has 0 saturated carbocycles. The summed E-state index contributed by atoms with van der Waals surface area (Å²) in [6.45, 7) is 6.48. The van der Waals surface area contributed by atoms with Crippen LogP contribution < -0.4 is 10.2 Å². The van der Waals surface area contributed by atoms with Crippen molar-refractivity contribution in [3.63, 3.8) is 0 Å². The van der Waals surface area contributed by atoms with Crippen molar-refractivity contribution in [2.75, 3.05) is 45.2 Å². The number of rotatable bonds is 3. The number of hydrogen-bond donors (Lipinski definition) is 1. The largest absolute Gasteiger partial charge is 0.369 e. The summed E-state index contributed by atoms with van der Waals surface area (Å²) in [5.74, 6) is 0. The van der Waals surface area contributed by atoms with E-state index in [9.17, 15) is 0 Å². The number of nitrogens with one attached hydrogen (secondary N) is 1. The van der Waals surface area contributed by atoms with Gasteiger partial charge in [-0.3, -0.25) is 4.90 Å². The highest BCUT2D eigenvalue weighted by atomic mass is 79.9. The molecule has 0 spiro atoms. The zero-order valence-electron chi connectivity index (χ0n) is 11.4. The molecule has 0 radical (unpaired) electrons. The maximum atomic E-state index is 3.62. The summed E-state index contributed by atoms with van der Waals surface area (Å²) in [4.78, 5) is 4.92. The van der Waals surface area contributed by atoms with Crippen LogP contribution in [0, 0.1) is 6.92 Å². The van der Waals surface area contributed by atoms with Crippen LogP contribution in [-0.2, 0) is 0 Å². The second-order valence-corrected chi connectivity index (χ2v) is 5.93. The number of nitrogens with zero attached hydrogens (tertiary/aromatic N) is 2. The molecule has 4 heteroatoms. The molecule has 1 atom stereocenters. The summed E-state index contributed by atoms with van der Waals surface area (Å²) in [5, 5.41) is 3.28. The SMILES string of the molecule is CNCC1CN(c2ccc(C)c(Br)c2)CCN1C. The van der Waals surface area contributed by atoms with Gasteiger partial charge in [0.15, 0.2) is 0 Å². The second kappa shape index (κ2) is 6.04. The highest BCUT2D eigenvalue weighted by Gasteiger charge is 2.23. The first-order valence-electron chi connectivity index (χ1n) is 6.47. The van der Waals surface area contributed by atoms with Crippen molar-refractivity contribution >= 4 is 21.6 Å². The smallest absolute Gasteiger partial charge is 0.0393 e. The van der Waals surface area contributed by atoms with Crippen molar-refractivity contribution < 1.29 is 0 Å². The zero-order chi connectivity index (χ0) is 13.1. The molecule has 2 rings (SSSR count). The van der Waals surface area contributed by atoms with Gasteiger partial charge in [-0.25, -0.2) is 0 Å². The molecule has 1 N–H and O–H groups in total. The fraction of sp³-hybridized carbons (Fsp3) is 0.571. The van der Waals surface area contributed by atoms with Crippen molar-refractivity contribution in [2.24, 2.45) is 0 Å². The van der Waals surface area contributed by atoms with E-state index in [1.165, 1.54) is 15.7 Å². The molecule has 100 valence electrons. The van der Waals surface area contributed by atoms with Crippen molar-refractivity contribution in [1.82, 2.24) is 10.2 Å². The predicted octanol–water partition coefficient (Wildman–Crippen LogP) is 2.10. The molecule has 1 aliphatic heterocycles. The quantitative estimate of drug-likeness (QED) is 0.922. The van der Waals surface area contributed by atoms with Gasteiger partial charge in [-0.15, -0.1) is 0 Å². The van der Waals surface area contributed by atoms with Gasteiger partial charge in [-0.05, 0) is 38.7 Å². The lowest BCUT2D eigenvalue weighted by Gasteiger charge is -2.40. The number of benzene rings is 1. The van der Waals surface area contributed by atoms with E-state index in [2.05, 4.69) is 63.2 Å². The fourth-order valence-electron chi connectivity index (χ4n) is 2.42. The molecule has 1 saturated heterocycles. The average molecular weight is 312 g/mol. The fourth-order valence-corrected chi connectivity index (χ4v) is 2.78. The number of likely N-dealkylation sites (N-methyl/N-ethyl adjacent to an activating group) is 2. The average Bonchev–Trinajstić information content (AvgIpc) is 2.36. The van der Waals surface area contributed by atoms with Crippen LogP contribution in [0.4, 0.5) is 5.69 Å². The van der Waals surface area contributed by atoms with E-state index in [4.69, 9.17) is 0 Å². The number of piperazine rings is 1. The maximum absolute atomic E-state index is 3.62. The van der Waals surface area contributed by atoms with Crippen molar-refractivity contribution in [3.05, 3.63) is 28.2 Å². The van der Waals surface area contributed by atoms with Crippen molar-refractivity contribution in [2.45, 2.75) is 13.0 Å². The Bertz CT molecular complexity index is 408. The van der Waals surface area contributed by atoms with Gasteiger partial charge >= 0.3 is 0 Å². The second-order valence-electron chi connectivity index (χ2n) is 5.07. The van der Waals surface area contributed by atoms with E-state index in [0.29, 0.717) is 6.04 Å². The van der Waals surface area contributed by atoms with Crippen LogP contribution in [-0.4, -0.2) is 51.2 Å². The molecule has 0 bridgehead atoms. The van der Waals surface area contributed by atoms with Gasteiger partial charge in [0, 0.05) is 42.4 Å². The van der Waals surface area contributed by atoms with Gasteiger partial charge in [0.25, 0.3) is 0 Å². The number of aryl methyl sites for hydroxylation is 1. The Morgan fingerprint density at radius 1 is 1.39 bits per heavy atom. The zero-order valence-corrected chi connectivity index (χ0v) is 13.0. The van der Waals surface area contributed by atoms with E-state index >= 15 is 0 Å². The molecule has 0 amide bonds. The number of anilines is 1. The summed E-state index contributed by atoms with van der Waals surface area (Å²) < 4.78 is 1.20. The predicted molar refractivity (Wildman–Crippen MR) is 81.4 cm³/mol. The third kappa shape index (κ3) is 3.05. The first-order valence-corrected chi connectivity index (χ1v) is 7.27. The van der Waals surface area contributed by atoms with E-state index in [1.54, 1.807) is 0 Å². The van der Waals surface area contributed by atoms with Gasteiger partial charge in [0.05, 0.1) is 0 Å². The van der Waals surface area contributed by atoms with Gasteiger partial charge in [0.1, 0.15) is 0 Å². The van der Waals surface area contributed by atoms with E-state index < -0.39 is 0 Å². The molecular weight excluding hydrogens is 290 g/mol. The molecule has 0 aliphatic carbocycles. The molecule has 1 aromatic rings. The first kappa shape index (κ1) is 13.8. The lowest BCUT2D eigenvalue weighted by Crippen LogP contribution is -2.54. The standard InChI is InChI=1S/C14H22BrN3/c1-11-4-5-12(8-14(11)15)18-7-6-17(3)13(10-18)9-16-2/h4-5,8,13,16H,6-7,9-10H2,1-3H3. The highest BCUT2D eigenvalue weighted by Crippen LogP contribution is 2.25. The van der Waals surface area contributed by atoms with Crippen LogP contribution in [0.15, 0.2) is 22.7 Å². The molecule has 1 aliphatic rings. The Hall–Kier alpha value is -0.580. The van der Waals surface area contributed by atoms with Crippen LogP contribution in [0.2, 0.25) is 0 Å². The van der Waals surface area contributed by atoms with Gasteiger partial charge in [-0.2, -0.15) is 0 Å². The lowest BCUT2D eigenvalue weighted by atomic mass is 10.1.